The fourth-order valence-corrected chi connectivity index (χ4v) is 1.29. The van der Waals surface area contributed by atoms with Gasteiger partial charge in [0.25, 0.3) is 5.91 Å². The summed E-state index contributed by atoms with van der Waals surface area (Å²) >= 11 is 0. The van der Waals surface area contributed by atoms with Crippen molar-refractivity contribution >= 4 is 17.4 Å². The van der Waals surface area contributed by atoms with E-state index in [0.717, 1.165) is 0 Å². The maximum Gasteiger partial charge on any atom is 0.276 e. The number of rotatable bonds is 2. The fourth-order valence-electron chi connectivity index (χ4n) is 1.29. The first-order valence-corrected chi connectivity index (χ1v) is 5.02. The normalized spacial score (nSPS) is 10.3. The van der Waals surface area contributed by atoms with Crippen LogP contribution in [-0.2, 0) is 0 Å². The van der Waals surface area contributed by atoms with Gasteiger partial charge in [-0.15, -0.1) is 10.2 Å². The summed E-state index contributed by atoms with van der Waals surface area (Å²) in [7, 11) is 0. The lowest BCUT2D eigenvalue weighted by Gasteiger charge is -2.05. The first-order valence-electron chi connectivity index (χ1n) is 5.02. The molecule has 0 fully saturated rings. The van der Waals surface area contributed by atoms with Crippen LogP contribution < -0.4 is 11.1 Å². The molecule has 3 N–H and O–H groups in total. The number of amides is 1. The van der Waals surface area contributed by atoms with Gasteiger partial charge in [-0.05, 0) is 12.1 Å². The molecule has 1 aromatic carbocycles. The van der Waals surface area contributed by atoms with Crippen molar-refractivity contribution in [2.24, 2.45) is 0 Å². The van der Waals surface area contributed by atoms with Crippen molar-refractivity contribution < 1.29 is 18.0 Å². The highest BCUT2D eigenvalue weighted by atomic mass is 19.2. The van der Waals surface area contributed by atoms with Crippen molar-refractivity contribution in [1.82, 2.24) is 10.2 Å². The van der Waals surface area contributed by atoms with E-state index in [4.69, 9.17) is 5.73 Å². The molecular weight excluding hydrogens is 261 g/mol. The minimum absolute atomic E-state index is 0.0978. The maximum atomic E-state index is 12.9. The number of anilines is 2. The molecule has 0 aliphatic carbocycles. The van der Waals surface area contributed by atoms with Gasteiger partial charge < -0.3 is 11.1 Å². The molecule has 0 saturated heterocycles. The summed E-state index contributed by atoms with van der Waals surface area (Å²) in [5.74, 6) is -5.05. The van der Waals surface area contributed by atoms with Crippen LogP contribution in [0.1, 0.15) is 10.5 Å². The number of nitrogen functional groups attached to an aromatic ring is 1. The molecule has 0 spiro atoms. The lowest BCUT2D eigenvalue weighted by molar-refractivity contribution is 0.102. The summed E-state index contributed by atoms with van der Waals surface area (Å²) in [6.07, 6.45) is 0. The maximum absolute atomic E-state index is 12.9. The summed E-state index contributed by atoms with van der Waals surface area (Å²) in [6, 6.07) is 3.93. The third-order valence-corrected chi connectivity index (χ3v) is 2.16. The number of aromatic nitrogens is 2. The molecular formula is C11H7F3N4O. The molecule has 1 heterocycles. The molecule has 1 aromatic heterocycles. The quantitative estimate of drug-likeness (QED) is 0.813. The summed E-state index contributed by atoms with van der Waals surface area (Å²) in [5.41, 5.74) is 4.96. The van der Waals surface area contributed by atoms with E-state index < -0.39 is 23.4 Å². The molecule has 1 amide bonds. The Kier molecular flexibility index (Phi) is 3.32. The number of nitrogens with zero attached hydrogens (tertiary/aromatic N) is 2. The third kappa shape index (κ3) is 2.79. The van der Waals surface area contributed by atoms with E-state index in [0.29, 0.717) is 12.1 Å². The van der Waals surface area contributed by atoms with E-state index in [1.807, 2.05) is 0 Å². The molecule has 5 nitrogen and oxygen atoms in total. The van der Waals surface area contributed by atoms with Crippen LogP contribution in [0.25, 0.3) is 0 Å². The standard InChI is InChI=1S/C11H7F3N4O/c12-6-3-5(4-7(13)10(6)14)16-11(19)8-1-2-9(15)18-17-8/h1-4H,(H2,15,18)(H,16,19). The number of carbonyl (C=O) groups is 1. The van der Waals surface area contributed by atoms with Crippen molar-refractivity contribution in [1.29, 1.82) is 0 Å². The SMILES string of the molecule is Nc1ccc(C(=O)Nc2cc(F)c(F)c(F)c2)nn1. The van der Waals surface area contributed by atoms with Crippen LogP contribution in [-0.4, -0.2) is 16.1 Å². The molecule has 0 aliphatic heterocycles. The number of hydrogen-bond acceptors (Lipinski definition) is 4. The average molecular weight is 268 g/mol. The number of halogens is 3. The minimum atomic E-state index is -1.61. The number of nitrogens with one attached hydrogen (secondary N) is 1. The largest absolute Gasteiger partial charge is 0.382 e. The Balaban J connectivity index is 2.22. The van der Waals surface area contributed by atoms with E-state index >= 15 is 0 Å². The number of nitrogens with two attached hydrogens (primary N) is 1. The second kappa shape index (κ2) is 4.92. The van der Waals surface area contributed by atoms with Crippen LogP contribution in [0.5, 0.6) is 0 Å². The Morgan fingerprint density at radius 3 is 2.26 bits per heavy atom. The van der Waals surface area contributed by atoms with Gasteiger partial charge in [-0.2, -0.15) is 0 Å². The van der Waals surface area contributed by atoms with Crippen LogP contribution in [0, 0.1) is 17.5 Å². The number of benzene rings is 1. The highest BCUT2D eigenvalue weighted by Crippen LogP contribution is 2.17. The van der Waals surface area contributed by atoms with E-state index in [2.05, 4.69) is 15.5 Å². The second-order valence-corrected chi connectivity index (χ2v) is 3.55. The molecule has 0 saturated carbocycles. The van der Waals surface area contributed by atoms with E-state index in [9.17, 15) is 18.0 Å². The van der Waals surface area contributed by atoms with Crippen LogP contribution >= 0.6 is 0 Å². The molecule has 2 aromatic rings. The zero-order valence-electron chi connectivity index (χ0n) is 9.32. The van der Waals surface area contributed by atoms with Crippen molar-refractivity contribution in [3.63, 3.8) is 0 Å². The fraction of sp³-hybridized carbons (Fsp3) is 0. The van der Waals surface area contributed by atoms with Gasteiger partial charge in [-0.1, -0.05) is 0 Å². The van der Waals surface area contributed by atoms with Crippen LogP contribution in [0.2, 0.25) is 0 Å². The zero-order chi connectivity index (χ0) is 14.0. The smallest absolute Gasteiger partial charge is 0.276 e. The van der Waals surface area contributed by atoms with Gasteiger partial charge in [0, 0.05) is 17.8 Å². The van der Waals surface area contributed by atoms with Crippen LogP contribution in [0.4, 0.5) is 24.7 Å². The predicted octanol–water partition coefficient (Wildman–Crippen LogP) is 1.73. The second-order valence-electron chi connectivity index (χ2n) is 3.55. The van der Waals surface area contributed by atoms with E-state index in [1.54, 1.807) is 0 Å². The topological polar surface area (TPSA) is 80.9 Å². The Labute approximate surface area is 105 Å². The summed E-state index contributed by atoms with van der Waals surface area (Å²) in [5, 5.41) is 9.10. The molecule has 0 radical (unpaired) electrons. The molecule has 0 atom stereocenters. The van der Waals surface area contributed by atoms with Gasteiger partial charge in [-0.25, -0.2) is 13.2 Å². The van der Waals surface area contributed by atoms with E-state index in [1.165, 1.54) is 12.1 Å². The molecule has 0 aliphatic rings. The van der Waals surface area contributed by atoms with Crippen LogP contribution in [0.3, 0.4) is 0 Å². The Hall–Kier alpha value is -2.64. The van der Waals surface area contributed by atoms with Gasteiger partial charge >= 0.3 is 0 Å². The molecule has 2 rings (SSSR count). The zero-order valence-corrected chi connectivity index (χ0v) is 9.32. The highest BCUT2D eigenvalue weighted by molar-refractivity contribution is 6.02. The molecule has 98 valence electrons. The molecule has 19 heavy (non-hydrogen) atoms. The Bertz CT molecular complexity index is 607. The van der Waals surface area contributed by atoms with E-state index in [-0.39, 0.29) is 17.2 Å². The monoisotopic (exact) mass is 268 g/mol. The number of carbonyl (C=O) groups excluding carboxylic acids is 1. The van der Waals surface area contributed by atoms with Crippen molar-refractivity contribution in [2.75, 3.05) is 11.1 Å². The first-order chi connectivity index (χ1) is 8.97. The summed E-state index contributed by atoms with van der Waals surface area (Å²) in [6.45, 7) is 0. The Morgan fingerprint density at radius 2 is 1.74 bits per heavy atom. The van der Waals surface area contributed by atoms with Crippen molar-refractivity contribution in [2.45, 2.75) is 0 Å². The average Bonchev–Trinajstić information content (AvgIpc) is 2.36. The van der Waals surface area contributed by atoms with Crippen molar-refractivity contribution in [3.05, 3.63) is 47.4 Å². The molecule has 8 heteroatoms. The van der Waals surface area contributed by atoms with Gasteiger partial charge in [0.15, 0.2) is 23.1 Å². The molecule has 0 bridgehead atoms. The predicted molar refractivity (Wildman–Crippen MR) is 60.7 cm³/mol. The van der Waals surface area contributed by atoms with Crippen molar-refractivity contribution in [3.8, 4) is 0 Å². The molecule has 0 unspecified atom stereocenters. The van der Waals surface area contributed by atoms with Gasteiger partial charge in [0.1, 0.15) is 5.82 Å². The highest BCUT2D eigenvalue weighted by Gasteiger charge is 2.13. The van der Waals surface area contributed by atoms with Gasteiger partial charge in [-0.3, -0.25) is 4.79 Å². The third-order valence-electron chi connectivity index (χ3n) is 2.16. The lowest BCUT2D eigenvalue weighted by atomic mass is 10.2. The summed E-state index contributed by atoms with van der Waals surface area (Å²) < 4.78 is 38.6. The lowest BCUT2D eigenvalue weighted by Crippen LogP contribution is -2.15. The van der Waals surface area contributed by atoms with Gasteiger partial charge in [0.2, 0.25) is 0 Å². The minimum Gasteiger partial charge on any atom is -0.382 e. The van der Waals surface area contributed by atoms with Crippen LogP contribution in [0.15, 0.2) is 24.3 Å². The first kappa shape index (κ1) is 12.8. The number of hydrogen-bond donors (Lipinski definition) is 2. The summed E-state index contributed by atoms with van der Waals surface area (Å²) in [4.78, 5) is 11.6. The Morgan fingerprint density at radius 1 is 1.11 bits per heavy atom. The van der Waals surface area contributed by atoms with Gasteiger partial charge in [0.05, 0.1) is 0 Å².